The van der Waals surface area contributed by atoms with Gasteiger partial charge in [0.1, 0.15) is 5.82 Å². The number of pyridine rings is 1. The number of H-pyrrole nitrogens is 1. The molecule has 140 valence electrons. The van der Waals surface area contributed by atoms with Gasteiger partial charge in [0.25, 0.3) is 5.91 Å². The Morgan fingerprint density at radius 2 is 2.04 bits per heavy atom. The van der Waals surface area contributed by atoms with E-state index >= 15 is 0 Å². The number of piperidine rings is 1. The third-order valence-electron chi connectivity index (χ3n) is 5.58. The summed E-state index contributed by atoms with van der Waals surface area (Å²) in [4.78, 5) is 27.5. The maximum Gasteiger partial charge on any atom is 0.253 e. The summed E-state index contributed by atoms with van der Waals surface area (Å²) in [5, 5.41) is 1.00. The van der Waals surface area contributed by atoms with Crippen molar-refractivity contribution in [3.05, 3.63) is 72.2 Å². The molecule has 0 aliphatic carbocycles. The van der Waals surface area contributed by atoms with Crippen molar-refractivity contribution in [3.63, 3.8) is 0 Å². The average molecular weight is 370 g/mol. The molecule has 1 aliphatic rings. The maximum absolute atomic E-state index is 13.1. The lowest BCUT2D eigenvalue weighted by molar-refractivity contribution is 0.0672. The van der Waals surface area contributed by atoms with Crippen LogP contribution in [0.5, 0.6) is 0 Å². The molecule has 2 aromatic carbocycles. The van der Waals surface area contributed by atoms with Crippen LogP contribution in [0.3, 0.4) is 0 Å². The molecule has 1 aliphatic heterocycles. The first-order valence-corrected chi connectivity index (χ1v) is 9.84. The van der Waals surface area contributed by atoms with Crippen LogP contribution < -0.4 is 0 Å². The number of fused-ring (bicyclic) bond motifs is 2. The van der Waals surface area contributed by atoms with Crippen molar-refractivity contribution in [3.8, 4) is 0 Å². The lowest BCUT2D eigenvalue weighted by Gasteiger charge is -2.32. The minimum absolute atomic E-state index is 0.111. The van der Waals surface area contributed by atoms with Gasteiger partial charge in [-0.2, -0.15) is 0 Å². The zero-order valence-corrected chi connectivity index (χ0v) is 15.6. The molecule has 1 N–H and O–H groups in total. The van der Waals surface area contributed by atoms with Crippen LogP contribution in [0.25, 0.3) is 21.9 Å². The second-order valence-corrected chi connectivity index (χ2v) is 7.58. The van der Waals surface area contributed by atoms with Gasteiger partial charge in [-0.05, 0) is 55.2 Å². The molecule has 1 amide bonds. The first-order valence-electron chi connectivity index (χ1n) is 9.84. The van der Waals surface area contributed by atoms with Gasteiger partial charge >= 0.3 is 0 Å². The van der Waals surface area contributed by atoms with Gasteiger partial charge in [0.15, 0.2) is 0 Å². The fourth-order valence-corrected chi connectivity index (χ4v) is 4.18. The summed E-state index contributed by atoms with van der Waals surface area (Å²) in [7, 11) is 0. The van der Waals surface area contributed by atoms with Gasteiger partial charge < -0.3 is 9.88 Å². The van der Waals surface area contributed by atoms with Crippen molar-refractivity contribution < 1.29 is 4.79 Å². The number of aromatic amines is 1. The number of hydrogen-bond acceptors (Lipinski definition) is 3. The number of nitrogens with one attached hydrogen (secondary N) is 1. The summed E-state index contributed by atoms with van der Waals surface area (Å²) in [5.41, 5.74) is 3.74. The maximum atomic E-state index is 13.1. The van der Waals surface area contributed by atoms with Crippen molar-refractivity contribution in [2.45, 2.75) is 19.3 Å². The van der Waals surface area contributed by atoms with E-state index in [9.17, 15) is 4.79 Å². The number of rotatable bonds is 3. The minimum Gasteiger partial charge on any atom is -0.342 e. The van der Waals surface area contributed by atoms with Gasteiger partial charge in [0, 0.05) is 36.7 Å². The normalized spacial score (nSPS) is 17.3. The highest BCUT2D eigenvalue weighted by Gasteiger charge is 2.25. The molecule has 1 fully saturated rings. The second-order valence-electron chi connectivity index (χ2n) is 7.58. The Bertz CT molecular complexity index is 1120. The molecule has 1 atom stereocenters. The molecule has 0 spiro atoms. The number of nitrogens with zero attached hydrogens (tertiary/aromatic N) is 3. The van der Waals surface area contributed by atoms with Crippen LogP contribution in [0.2, 0.25) is 0 Å². The van der Waals surface area contributed by atoms with E-state index in [-0.39, 0.29) is 5.91 Å². The van der Waals surface area contributed by atoms with Crippen LogP contribution in [0.15, 0.2) is 60.8 Å². The third kappa shape index (κ3) is 3.24. The fourth-order valence-electron chi connectivity index (χ4n) is 4.18. The topological polar surface area (TPSA) is 61.9 Å². The van der Waals surface area contributed by atoms with E-state index < -0.39 is 0 Å². The number of likely N-dealkylation sites (tertiary alicyclic amines) is 1. The number of amides is 1. The number of carbonyl (C=O) groups excluding carboxylic acids is 1. The molecule has 28 heavy (non-hydrogen) atoms. The van der Waals surface area contributed by atoms with Crippen molar-refractivity contribution in [1.29, 1.82) is 0 Å². The van der Waals surface area contributed by atoms with Gasteiger partial charge in [-0.1, -0.05) is 18.2 Å². The molecule has 1 unspecified atom stereocenters. The minimum atomic E-state index is 0.111. The standard InChI is InChI=1S/C23H22N4O/c28-23(18-9-10-19-17(14-18)6-3-11-24-19)27-12-4-5-16(15-27)13-22-25-20-7-1-2-8-21(20)26-22/h1-3,6-11,14,16H,4-5,12-13,15H2,(H,25,26). The number of benzene rings is 2. The second kappa shape index (κ2) is 7.08. The first kappa shape index (κ1) is 16.9. The van der Waals surface area contributed by atoms with Crippen LogP contribution in [-0.2, 0) is 6.42 Å². The van der Waals surface area contributed by atoms with Crippen LogP contribution in [0.4, 0.5) is 0 Å². The molecule has 0 radical (unpaired) electrons. The molecular formula is C23H22N4O. The molecule has 4 aromatic rings. The van der Waals surface area contributed by atoms with Crippen LogP contribution >= 0.6 is 0 Å². The molecule has 5 heteroatoms. The smallest absolute Gasteiger partial charge is 0.253 e. The highest BCUT2D eigenvalue weighted by atomic mass is 16.2. The predicted molar refractivity (Wildman–Crippen MR) is 110 cm³/mol. The van der Waals surface area contributed by atoms with Gasteiger partial charge in [-0.15, -0.1) is 0 Å². The number of hydrogen-bond donors (Lipinski definition) is 1. The Morgan fingerprint density at radius 3 is 2.96 bits per heavy atom. The molecule has 1 saturated heterocycles. The number of para-hydroxylation sites is 2. The number of aromatic nitrogens is 3. The highest BCUT2D eigenvalue weighted by molar-refractivity contribution is 5.98. The summed E-state index contributed by atoms with van der Waals surface area (Å²) in [5.74, 6) is 1.55. The summed E-state index contributed by atoms with van der Waals surface area (Å²) >= 11 is 0. The zero-order valence-electron chi connectivity index (χ0n) is 15.6. The lowest BCUT2D eigenvalue weighted by atomic mass is 9.94. The molecule has 0 saturated carbocycles. The molecule has 3 heterocycles. The van der Waals surface area contributed by atoms with Crippen LogP contribution in [0, 0.1) is 5.92 Å². The lowest BCUT2D eigenvalue weighted by Crippen LogP contribution is -2.40. The highest BCUT2D eigenvalue weighted by Crippen LogP contribution is 2.23. The Balaban J connectivity index is 1.32. The van der Waals surface area contributed by atoms with E-state index in [0.29, 0.717) is 5.92 Å². The SMILES string of the molecule is O=C(c1ccc2ncccc2c1)N1CCCC(Cc2nc3ccccc3[nH]2)C1. The van der Waals surface area contributed by atoms with E-state index in [1.807, 2.05) is 53.4 Å². The van der Waals surface area contributed by atoms with Crippen LogP contribution in [0.1, 0.15) is 29.0 Å². The summed E-state index contributed by atoms with van der Waals surface area (Å²) in [6.45, 7) is 1.60. The monoisotopic (exact) mass is 370 g/mol. The molecule has 2 aromatic heterocycles. The summed E-state index contributed by atoms with van der Waals surface area (Å²) < 4.78 is 0. The molecule has 0 bridgehead atoms. The van der Waals surface area contributed by atoms with Crippen LogP contribution in [-0.4, -0.2) is 38.8 Å². The largest absolute Gasteiger partial charge is 0.342 e. The molecule has 5 nitrogen and oxygen atoms in total. The van der Waals surface area contributed by atoms with Gasteiger partial charge in [0.05, 0.1) is 16.6 Å². The van der Waals surface area contributed by atoms with Gasteiger partial charge in [-0.3, -0.25) is 9.78 Å². The molecular weight excluding hydrogens is 348 g/mol. The Labute approximate surface area is 163 Å². The first-order chi connectivity index (χ1) is 13.8. The van der Waals surface area contributed by atoms with Crippen molar-refractivity contribution in [1.82, 2.24) is 19.9 Å². The molecule has 5 rings (SSSR count). The van der Waals surface area contributed by atoms with E-state index in [0.717, 1.165) is 65.7 Å². The van der Waals surface area contributed by atoms with Crippen molar-refractivity contribution in [2.75, 3.05) is 13.1 Å². The number of carbonyl (C=O) groups is 1. The van der Waals surface area contributed by atoms with Crippen molar-refractivity contribution >= 4 is 27.8 Å². The third-order valence-corrected chi connectivity index (χ3v) is 5.58. The quantitative estimate of drug-likeness (QED) is 0.588. The zero-order chi connectivity index (χ0) is 18.9. The van der Waals surface area contributed by atoms with Gasteiger partial charge in [0.2, 0.25) is 0 Å². The summed E-state index contributed by atoms with van der Waals surface area (Å²) in [6.07, 6.45) is 4.81. The van der Waals surface area contributed by atoms with E-state index in [1.165, 1.54) is 0 Å². The fraction of sp³-hybridized carbons (Fsp3) is 0.261. The Hall–Kier alpha value is -3.21. The number of imidazole rings is 1. The van der Waals surface area contributed by atoms with Crippen molar-refractivity contribution in [2.24, 2.45) is 5.92 Å². The predicted octanol–water partition coefficient (Wildman–Crippen LogP) is 4.21. The Morgan fingerprint density at radius 1 is 1.11 bits per heavy atom. The van der Waals surface area contributed by atoms with E-state index in [1.54, 1.807) is 6.20 Å². The van der Waals surface area contributed by atoms with Gasteiger partial charge in [-0.25, -0.2) is 4.98 Å². The van der Waals surface area contributed by atoms with E-state index in [4.69, 9.17) is 4.98 Å². The average Bonchev–Trinajstić information content (AvgIpc) is 3.15. The Kier molecular flexibility index (Phi) is 4.28. The summed E-state index contributed by atoms with van der Waals surface area (Å²) in [6, 6.07) is 17.8. The van der Waals surface area contributed by atoms with E-state index in [2.05, 4.69) is 16.0 Å².